The summed E-state index contributed by atoms with van der Waals surface area (Å²) in [6.07, 6.45) is 2.42. The van der Waals surface area contributed by atoms with Crippen LogP contribution >= 0.6 is 0 Å². The monoisotopic (exact) mass is 407 g/mol. The lowest BCUT2D eigenvalue weighted by Gasteiger charge is -2.35. The number of aromatic nitrogens is 2. The number of carbonyl (C=O) groups is 2. The molecule has 8 nitrogen and oxygen atoms in total. The quantitative estimate of drug-likeness (QED) is 0.602. The van der Waals surface area contributed by atoms with E-state index < -0.39 is 6.29 Å². The van der Waals surface area contributed by atoms with Crippen molar-refractivity contribution in [2.75, 3.05) is 5.32 Å². The van der Waals surface area contributed by atoms with Gasteiger partial charge in [0.05, 0.1) is 11.6 Å². The standard InChI is InChI=1S/C22H25N5O3/c1-3-15-12(2)23-22(25-20(15)28)27-19(11-16(26-27)13-8-9-13)24-21(29)18-10-14-6-4-5-7-17(14)30-18/h4-7,10-13,15,22-23H,3,8-9H2,1-2H3,(H,24,29)(H,25,28). The molecule has 1 aromatic carbocycles. The average molecular weight is 407 g/mol. The lowest BCUT2D eigenvalue weighted by Crippen LogP contribution is -2.57. The maximum absolute atomic E-state index is 12.9. The van der Waals surface area contributed by atoms with Crippen LogP contribution in [0.3, 0.4) is 0 Å². The van der Waals surface area contributed by atoms with Crippen LogP contribution in [0.15, 0.2) is 40.8 Å². The molecule has 2 aromatic heterocycles. The highest BCUT2D eigenvalue weighted by Crippen LogP contribution is 2.40. The highest BCUT2D eigenvalue weighted by molar-refractivity contribution is 6.04. The molecule has 156 valence electrons. The Hall–Kier alpha value is -3.13. The molecular formula is C22H25N5O3. The molecule has 0 bridgehead atoms. The van der Waals surface area contributed by atoms with Crippen LogP contribution in [0.25, 0.3) is 11.0 Å². The van der Waals surface area contributed by atoms with E-state index in [1.165, 1.54) is 0 Å². The zero-order valence-corrected chi connectivity index (χ0v) is 17.0. The van der Waals surface area contributed by atoms with Crippen LogP contribution in [0.4, 0.5) is 5.82 Å². The summed E-state index contributed by atoms with van der Waals surface area (Å²) in [7, 11) is 0. The van der Waals surface area contributed by atoms with Gasteiger partial charge in [0.1, 0.15) is 11.4 Å². The first-order valence-electron chi connectivity index (χ1n) is 10.5. The highest BCUT2D eigenvalue weighted by atomic mass is 16.3. The van der Waals surface area contributed by atoms with Crippen LogP contribution < -0.4 is 16.0 Å². The Labute approximate surface area is 174 Å². The molecule has 1 aliphatic carbocycles. The Morgan fingerprint density at radius 2 is 2.10 bits per heavy atom. The summed E-state index contributed by atoms with van der Waals surface area (Å²) < 4.78 is 7.35. The van der Waals surface area contributed by atoms with E-state index in [1.807, 2.05) is 44.2 Å². The zero-order chi connectivity index (χ0) is 20.8. The Balaban J connectivity index is 1.43. The summed E-state index contributed by atoms with van der Waals surface area (Å²) in [5, 5.41) is 14.9. The van der Waals surface area contributed by atoms with E-state index >= 15 is 0 Å². The van der Waals surface area contributed by atoms with Crippen LogP contribution in [-0.4, -0.2) is 27.6 Å². The molecule has 3 N–H and O–H groups in total. The predicted octanol–water partition coefficient (Wildman–Crippen LogP) is 3.35. The number of para-hydroxylation sites is 1. The number of nitrogens with zero attached hydrogens (tertiary/aromatic N) is 2. The van der Waals surface area contributed by atoms with Crippen molar-refractivity contribution >= 4 is 28.6 Å². The largest absolute Gasteiger partial charge is 0.451 e. The highest BCUT2D eigenvalue weighted by Gasteiger charge is 2.35. The number of anilines is 1. The number of furan rings is 1. The molecule has 5 rings (SSSR count). The predicted molar refractivity (Wildman–Crippen MR) is 112 cm³/mol. The normalized spacial score (nSPS) is 24.1. The number of nitrogens with one attached hydrogen (secondary N) is 3. The number of amides is 2. The van der Waals surface area contributed by atoms with Crippen LogP contribution in [0.5, 0.6) is 0 Å². The van der Waals surface area contributed by atoms with Crippen molar-refractivity contribution in [3.05, 3.63) is 47.9 Å². The van der Waals surface area contributed by atoms with E-state index in [-0.39, 0.29) is 29.5 Å². The van der Waals surface area contributed by atoms with Crippen LogP contribution in [0.2, 0.25) is 0 Å². The van der Waals surface area contributed by atoms with Crippen LogP contribution in [0.1, 0.15) is 61.6 Å². The maximum Gasteiger partial charge on any atom is 0.292 e. The molecule has 3 atom stereocenters. The fourth-order valence-corrected chi connectivity index (χ4v) is 4.10. The molecule has 3 heterocycles. The van der Waals surface area contributed by atoms with Crippen molar-refractivity contribution in [3.8, 4) is 0 Å². The van der Waals surface area contributed by atoms with Gasteiger partial charge in [0, 0.05) is 23.4 Å². The lowest BCUT2D eigenvalue weighted by molar-refractivity contribution is -0.130. The van der Waals surface area contributed by atoms with E-state index in [0.717, 1.165) is 30.3 Å². The van der Waals surface area contributed by atoms with Crippen LogP contribution in [0, 0.1) is 5.92 Å². The van der Waals surface area contributed by atoms with Gasteiger partial charge in [-0.05, 0) is 38.3 Å². The number of fused-ring (bicyclic) bond motifs is 1. The third-order valence-corrected chi connectivity index (χ3v) is 5.97. The van der Waals surface area contributed by atoms with Gasteiger partial charge in [0.2, 0.25) is 5.91 Å². The van der Waals surface area contributed by atoms with Gasteiger partial charge in [0.25, 0.3) is 5.91 Å². The lowest BCUT2D eigenvalue weighted by atomic mass is 9.95. The number of hydrogen-bond donors (Lipinski definition) is 3. The Morgan fingerprint density at radius 3 is 2.80 bits per heavy atom. The summed E-state index contributed by atoms with van der Waals surface area (Å²) in [4.78, 5) is 25.4. The minimum Gasteiger partial charge on any atom is -0.451 e. The summed E-state index contributed by atoms with van der Waals surface area (Å²) in [6, 6.07) is 11.1. The summed E-state index contributed by atoms with van der Waals surface area (Å²) in [6.45, 7) is 4.00. The molecule has 8 heteroatoms. The molecule has 2 amide bonds. The van der Waals surface area contributed by atoms with Crippen molar-refractivity contribution in [1.82, 2.24) is 20.4 Å². The molecule has 3 unspecified atom stereocenters. The van der Waals surface area contributed by atoms with Crippen molar-refractivity contribution in [3.63, 3.8) is 0 Å². The average Bonchev–Trinajstić information content (AvgIpc) is 3.34. The first kappa shape index (κ1) is 18.9. The molecule has 30 heavy (non-hydrogen) atoms. The molecule has 1 saturated carbocycles. The maximum atomic E-state index is 12.9. The number of benzene rings is 1. The first-order valence-corrected chi connectivity index (χ1v) is 10.5. The van der Waals surface area contributed by atoms with Gasteiger partial charge in [-0.2, -0.15) is 5.10 Å². The first-order chi connectivity index (χ1) is 14.5. The third kappa shape index (κ3) is 3.37. The van der Waals surface area contributed by atoms with Gasteiger partial charge in [-0.15, -0.1) is 0 Å². The molecule has 0 radical (unpaired) electrons. The molecule has 0 spiro atoms. The fraction of sp³-hybridized carbons (Fsp3) is 0.409. The second-order valence-corrected chi connectivity index (χ2v) is 8.16. The molecule has 3 aromatic rings. The molecule has 1 saturated heterocycles. The van der Waals surface area contributed by atoms with Gasteiger partial charge in [-0.25, -0.2) is 4.68 Å². The van der Waals surface area contributed by atoms with Gasteiger partial charge in [0.15, 0.2) is 12.0 Å². The summed E-state index contributed by atoms with van der Waals surface area (Å²) in [5.74, 6) is 0.726. The van der Waals surface area contributed by atoms with E-state index in [0.29, 0.717) is 17.3 Å². The SMILES string of the molecule is CCC1C(=O)NC(n2nc(C3CC3)cc2NC(=O)c2cc3ccccc3o2)NC1C. The van der Waals surface area contributed by atoms with E-state index in [4.69, 9.17) is 9.52 Å². The summed E-state index contributed by atoms with van der Waals surface area (Å²) >= 11 is 0. The minimum atomic E-state index is -0.520. The second kappa shape index (κ2) is 7.28. The Bertz CT molecular complexity index is 1080. The smallest absolute Gasteiger partial charge is 0.292 e. The molecular weight excluding hydrogens is 382 g/mol. The Kier molecular flexibility index (Phi) is 4.58. The van der Waals surface area contributed by atoms with Crippen LogP contribution in [-0.2, 0) is 4.79 Å². The van der Waals surface area contributed by atoms with Crippen molar-refractivity contribution in [2.24, 2.45) is 5.92 Å². The van der Waals surface area contributed by atoms with Crippen molar-refractivity contribution in [2.45, 2.75) is 51.4 Å². The van der Waals surface area contributed by atoms with E-state index in [9.17, 15) is 9.59 Å². The minimum absolute atomic E-state index is 0.00116. The topological polar surface area (TPSA) is 101 Å². The number of rotatable bonds is 5. The van der Waals surface area contributed by atoms with Gasteiger partial charge in [-0.1, -0.05) is 25.1 Å². The fourth-order valence-electron chi connectivity index (χ4n) is 4.10. The molecule has 2 aliphatic rings. The third-order valence-electron chi connectivity index (χ3n) is 5.97. The van der Waals surface area contributed by atoms with Crippen molar-refractivity contribution < 1.29 is 14.0 Å². The number of hydrogen-bond acceptors (Lipinski definition) is 5. The second-order valence-electron chi connectivity index (χ2n) is 8.16. The van der Waals surface area contributed by atoms with Gasteiger partial charge >= 0.3 is 0 Å². The molecule has 1 aliphatic heterocycles. The zero-order valence-electron chi connectivity index (χ0n) is 17.0. The van der Waals surface area contributed by atoms with Crippen molar-refractivity contribution in [1.29, 1.82) is 0 Å². The Morgan fingerprint density at radius 1 is 1.30 bits per heavy atom. The molecule has 2 fully saturated rings. The van der Waals surface area contributed by atoms with Gasteiger partial charge < -0.3 is 15.1 Å². The van der Waals surface area contributed by atoms with E-state index in [1.54, 1.807) is 10.7 Å². The summed E-state index contributed by atoms with van der Waals surface area (Å²) in [5.41, 5.74) is 1.59. The van der Waals surface area contributed by atoms with Gasteiger partial charge in [-0.3, -0.25) is 14.9 Å². The number of carbonyl (C=O) groups excluding carboxylic acids is 2. The van der Waals surface area contributed by atoms with E-state index in [2.05, 4.69) is 16.0 Å².